The van der Waals surface area contributed by atoms with E-state index in [2.05, 4.69) is 44.9 Å². The van der Waals surface area contributed by atoms with E-state index < -0.39 is 0 Å². The average molecular weight is 284 g/mol. The Hall–Kier alpha value is -0.940. The number of nitrogens with one attached hydrogen (secondary N) is 1. The summed E-state index contributed by atoms with van der Waals surface area (Å²) in [7, 11) is 0. The summed E-state index contributed by atoms with van der Waals surface area (Å²) >= 11 is 1.50. The molecule has 0 fully saturated rings. The first kappa shape index (κ1) is 16.1. The summed E-state index contributed by atoms with van der Waals surface area (Å²) in [6, 6.07) is -0.225. The van der Waals surface area contributed by atoms with Gasteiger partial charge in [-0.15, -0.1) is 11.3 Å². The predicted octanol–water partition coefficient (Wildman–Crippen LogP) is 2.79. The number of carbonyl (C=O) groups excluding carboxylic acids is 1. The fourth-order valence-corrected chi connectivity index (χ4v) is 2.63. The summed E-state index contributed by atoms with van der Waals surface area (Å²) in [5, 5.41) is 14.9. The van der Waals surface area contributed by atoms with Crippen molar-refractivity contribution < 1.29 is 9.90 Å². The molecule has 0 bridgehead atoms. The molecule has 1 heterocycles. The number of hydrogen-bond donors (Lipinski definition) is 2. The molecule has 19 heavy (non-hydrogen) atoms. The van der Waals surface area contributed by atoms with E-state index in [1.807, 2.05) is 0 Å². The molecule has 0 radical (unpaired) electrons. The van der Waals surface area contributed by atoms with Gasteiger partial charge in [-0.3, -0.25) is 4.79 Å². The first-order valence-electron chi connectivity index (χ1n) is 6.60. The first-order chi connectivity index (χ1) is 8.73. The molecule has 0 aliphatic heterocycles. The van der Waals surface area contributed by atoms with Gasteiger partial charge in [0.1, 0.15) is 5.69 Å². The van der Waals surface area contributed by atoms with E-state index in [9.17, 15) is 9.90 Å². The highest BCUT2D eigenvalue weighted by atomic mass is 32.1. The number of hydrogen-bond acceptors (Lipinski definition) is 4. The zero-order valence-electron chi connectivity index (χ0n) is 12.4. The normalized spacial score (nSPS) is 13.6. The van der Waals surface area contributed by atoms with Crippen molar-refractivity contribution in [2.75, 3.05) is 6.61 Å². The van der Waals surface area contributed by atoms with Crippen molar-refractivity contribution in [2.24, 2.45) is 5.41 Å². The van der Waals surface area contributed by atoms with E-state index in [1.54, 1.807) is 5.38 Å². The van der Waals surface area contributed by atoms with Gasteiger partial charge < -0.3 is 10.4 Å². The Morgan fingerprint density at radius 3 is 2.53 bits per heavy atom. The van der Waals surface area contributed by atoms with Gasteiger partial charge in [-0.1, -0.05) is 34.6 Å². The number of aliphatic hydroxyl groups is 1. The van der Waals surface area contributed by atoms with E-state index in [0.29, 0.717) is 11.6 Å². The Bertz CT molecular complexity index is 421. The van der Waals surface area contributed by atoms with E-state index in [0.717, 1.165) is 11.4 Å². The number of aromatic nitrogens is 1. The van der Waals surface area contributed by atoms with Crippen LogP contribution in [0.15, 0.2) is 5.38 Å². The number of nitrogens with zero attached hydrogens (tertiary/aromatic N) is 1. The molecule has 1 aromatic heterocycles. The van der Waals surface area contributed by atoms with Crippen LogP contribution in [0.2, 0.25) is 0 Å². The molecule has 0 saturated heterocycles. The van der Waals surface area contributed by atoms with Crippen molar-refractivity contribution in [1.82, 2.24) is 10.3 Å². The van der Waals surface area contributed by atoms with Gasteiger partial charge in [-0.05, 0) is 11.8 Å². The van der Waals surface area contributed by atoms with Crippen molar-refractivity contribution >= 4 is 17.2 Å². The molecule has 0 aliphatic carbocycles. The molecule has 5 heteroatoms. The molecule has 1 atom stereocenters. The topological polar surface area (TPSA) is 62.2 Å². The predicted molar refractivity (Wildman–Crippen MR) is 78.6 cm³/mol. The highest BCUT2D eigenvalue weighted by Gasteiger charge is 2.21. The Morgan fingerprint density at radius 2 is 2.11 bits per heavy atom. The number of amides is 1. The molecule has 0 saturated carbocycles. The maximum absolute atomic E-state index is 12.1. The van der Waals surface area contributed by atoms with E-state index in [-0.39, 0.29) is 24.0 Å². The number of rotatable bonds is 5. The van der Waals surface area contributed by atoms with Gasteiger partial charge >= 0.3 is 0 Å². The second kappa shape index (κ2) is 6.48. The quantitative estimate of drug-likeness (QED) is 0.874. The van der Waals surface area contributed by atoms with Crippen LogP contribution in [-0.4, -0.2) is 28.6 Å². The Labute approximate surface area is 119 Å². The third-order valence-corrected chi connectivity index (χ3v) is 3.81. The molecule has 1 rings (SSSR count). The minimum Gasteiger partial charge on any atom is -0.394 e. The van der Waals surface area contributed by atoms with Crippen LogP contribution in [0.5, 0.6) is 0 Å². The summed E-state index contributed by atoms with van der Waals surface area (Å²) in [4.78, 5) is 16.4. The maximum Gasteiger partial charge on any atom is 0.271 e. The van der Waals surface area contributed by atoms with Crippen molar-refractivity contribution in [3.8, 4) is 0 Å². The van der Waals surface area contributed by atoms with Gasteiger partial charge in [0.15, 0.2) is 0 Å². The lowest BCUT2D eigenvalue weighted by atomic mass is 9.88. The SMILES string of the molecule is CC(C)c1nc(C(=O)NC(CO)CC(C)(C)C)cs1. The number of thiazole rings is 1. The third-order valence-electron chi connectivity index (χ3n) is 2.66. The average Bonchev–Trinajstić information content (AvgIpc) is 2.75. The summed E-state index contributed by atoms with van der Waals surface area (Å²) in [6.07, 6.45) is 0.733. The number of carbonyl (C=O) groups is 1. The minimum absolute atomic E-state index is 0.0514. The molecule has 0 spiro atoms. The van der Waals surface area contributed by atoms with Crippen molar-refractivity contribution in [3.63, 3.8) is 0 Å². The highest BCUT2D eigenvalue weighted by Crippen LogP contribution is 2.22. The fourth-order valence-electron chi connectivity index (χ4n) is 1.82. The number of aliphatic hydroxyl groups excluding tert-OH is 1. The lowest BCUT2D eigenvalue weighted by Gasteiger charge is -2.25. The molecule has 0 aliphatic rings. The standard InChI is InChI=1S/C14H24N2O2S/c1-9(2)13-16-11(8-19-13)12(18)15-10(7-17)6-14(3,4)5/h8-10,17H,6-7H2,1-5H3,(H,15,18). The zero-order chi connectivity index (χ0) is 14.6. The van der Waals surface area contributed by atoms with E-state index in [1.165, 1.54) is 11.3 Å². The molecule has 1 amide bonds. The van der Waals surface area contributed by atoms with Crippen LogP contribution in [0.3, 0.4) is 0 Å². The van der Waals surface area contributed by atoms with Crippen LogP contribution in [0, 0.1) is 5.41 Å². The van der Waals surface area contributed by atoms with Gasteiger partial charge in [0, 0.05) is 11.3 Å². The third kappa shape index (κ3) is 5.28. The van der Waals surface area contributed by atoms with E-state index in [4.69, 9.17) is 0 Å². The smallest absolute Gasteiger partial charge is 0.271 e. The van der Waals surface area contributed by atoms with Crippen LogP contribution in [-0.2, 0) is 0 Å². The minimum atomic E-state index is -0.225. The van der Waals surface area contributed by atoms with Crippen molar-refractivity contribution in [1.29, 1.82) is 0 Å². The second-order valence-corrected chi connectivity index (χ2v) is 7.23. The second-order valence-electron chi connectivity index (χ2n) is 6.34. The van der Waals surface area contributed by atoms with Crippen molar-refractivity contribution in [3.05, 3.63) is 16.1 Å². The molecule has 0 aromatic carbocycles. The first-order valence-corrected chi connectivity index (χ1v) is 7.48. The Morgan fingerprint density at radius 1 is 1.47 bits per heavy atom. The maximum atomic E-state index is 12.1. The molecule has 1 aromatic rings. The lowest BCUT2D eigenvalue weighted by Crippen LogP contribution is -2.40. The summed E-state index contributed by atoms with van der Waals surface area (Å²) < 4.78 is 0. The largest absolute Gasteiger partial charge is 0.394 e. The van der Waals surface area contributed by atoms with Crippen LogP contribution in [0.1, 0.15) is 62.5 Å². The summed E-state index contributed by atoms with van der Waals surface area (Å²) in [5.74, 6) is 0.126. The van der Waals surface area contributed by atoms with Gasteiger partial charge in [0.2, 0.25) is 0 Å². The monoisotopic (exact) mass is 284 g/mol. The van der Waals surface area contributed by atoms with Gasteiger partial charge in [0.25, 0.3) is 5.91 Å². The molecule has 2 N–H and O–H groups in total. The Kier molecular flexibility index (Phi) is 5.50. The highest BCUT2D eigenvalue weighted by molar-refractivity contribution is 7.09. The molecule has 4 nitrogen and oxygen atoms in total. The van der Waals surface area contributed by atoms with Crippen LogP contribution < -0.4 is 5.32 Å². The van der Waals surface area contributed by atoms with Crippen LogP contribution in [0.25, 0.3) is 0 Å². The summed E-state index contributed by atoms with van der Waals surface area (Å²) in [5.41, 5.74) is 0.507. The molecular formula is C14H24N2O2S. The van der Waals surface area contributed by atoms with Gasteiger partial charge in [0.05, 0.1) is 17.7 Å². The Balaban J connectivity index is 2.66. The van der Waals surface area contributed by atoms with Crippen molar-refractivity contribution in [2.45, 2.75) is 53.0 Å². The van der Waals surface area contributed by atoms with Gasteiger partial charge in [-0.2, -0.15) is 0 Å². The molecular weight excluding hydrogens is 260 g/mol. The zero-order valence-corrected chi connectivity index (χ0v) is 13.2. The molecule has 1 unspecified atom stereocenters. The van der Waals surface area contributed by atoms with E-state index >= 15 is 0 Å². The van der Waals surface area contributed by atoms with Crippen LogP contribution >= 0.6 is 11.3 Å². The lowest BCUT2D eigenvalue weighted by molar-refractivity contribution is 0.0893. The fraction of sp³-hybridized carbons (Fsp3) is 0.714. The molecule has 108 valence electrons. The van der Waals surface area contributed by atoms with Crippen LogP contribution in [0.4, 0.5) is 0 Å². The van der Waals surface area contributed by atoms with Gasteiger partial charge in [-0.25, -0.2) is 4.98 Å². The summed E-state index contributed by atoms with van der Waals surface area (Å²) in [6.45, 7) is 10.3.